The summed E-state index contributed by atoms with van der Waals surface area (Å²) in [5.74, 6) is 1.49. The molecule has 1 aliphatic rings. The number of amides is 1. The smallest absolute Gasteiger partial charge is 0.252 e. The molecule has 1 unspecified atom stereocenters. The Bertz CT molecular complexity index is 421. The van der Waals surface area contributed by atoms with Crippen LogP contribution in [0.5, 0.6) is 0 Å². The van der Waals surface area contributed by atoms with Gasteiger partial charge in [0, 0.05) is 11.8 Å². The molecule has 1 aliphatic heterocycles. The van der Waals surface area contributed by atoms with Crippen molar-refractivity contribution in [2.45, 2.75) is 18.9 Å². The van der Waals surface area contributed by atoms with Crippen LogP contribution in [0.3, 0.4) is 0 Å². The molecular formula is C12H13BrFNOS. The fourth-order valence-electron chi connectivity index (χ4n) is 1.80. The molecule has 1 saturated heterocycles. The minimum Gasteiger partial charge on any atom is -0.348 e. The molecule has 1 atom stereocenters. The second-order valence-corrected chi connectivity index (χ2v) is 5.93. The molecule has 0 aliphatic carbocycles. The van der Waals surface area contributed by atoms with Gasteiger partial charge in [-0.3, -0.25) is 4.79 Å². The van der Waals surface area contributed by atoms with Gasteiger partial charge >= 0.3 is 0 Å². The highest BCUT2D eigenvalue weighted by Gasteiger charge is 2.19. The molecule has 0 aromatic heterocycles. The van der Waals surface area contributed by atoms with E-state index in [1.54, 1.807) is 12.1 Å². The second-order valence-electron chi connectivity index (χ2n) is 3.99. The summed E-state index contributed by atoms with van der Waals surface area (Å²) in [6.45, 7) is 0. The van der Waals surface area contributed by atoms with Gasteiger partial charge < -0.3 is 5.32 Å². The lowest BCUT2D eigenvalue weighted by molar-refractivity contribution is 0.0937. The van der Waals surface area contributed by atoms with Crippen molar-refractivity contribution in [3.05, 3.63) is 34.1 Å². The van der Waals surface area contributed by atoms with Gasteiger partial charge in [-0.25, -0.2) is 4.39 Å². The number of hydrogen-bond donors (Lipinski definition) is 1. The Morgan fingerprint density at radius 3 is 3.06 bits per heavy atom. The highest BCUT2D eigenvalue weighted by Crippen LogP contribution is 2.22. The number of hydrogen-bond acceptors (Lipinski definition) is 2. The van der Waals surface area contributed by atoms with Crippen molar-refractivity contribution in [1.82, 2.24) is 5.32 Å². The summed E-state index contributed by atoms with van der Waals surface area (Å²) >= 11 is 4.95. The van der Waals surface area contributed by atoms with E-state index < -0.39 is 5.82 Å². The first-order valence-corrected chi connectivity index (χ1v) is 7.46. The SMILES string of the molecule is O=C(NC1CCCSC1)c1cccc(F)c1Br. The predicted octanol–water partition coefficient (Wildman–Crippen LogP) is 3.21. The number of rotatable bonds is 2. The molecule has 1 fully saturated rings. The lowest BCUT2D eigenvalue weighted by atomic mass is 10.1. The average molecular weight is 318 g/mol. The lowest BCUT2D eigenvalue weighted by Crippen LogP contribution is -2.38. The number of nitrogens with one attached hydrogen (secondary N) is 1. The quantitative estimate of drug-likeness (QED) is 0.907. The zero-order chi connectivity index (χ0) is 12.3. The Labute approximate surface area is 112 Å². The van der Waals surface area contributed by atoms with E-state index in [0.29, 0.717) is 5.56 Å². The standard InChI is InChI=1S/C12H13BrFNOS/c13-11-9(4-1-5-10(11)14)12(16)15-8-3-2-6-17-7-8/h1,4-5,8H,2-3,6-7H2,(H,15,16). The van der Waals surface area contributed by atoms with Gasteiger partial charge in [0.1, 0.15) is 5.82 Å². The summed E-state index contributed by atoms with van der Waals surface area (Å²) in [5.41, 5.74) is 0.362. The number of carbonyl (C=O) groups is 1. The highest BCUT2D eigenvalue weighted by atomic mass is 79.9. The van der Waals surface area contributed by atoms with Crippen molar-refractivity contribution < 1.29 is 9.18 Å². The van der Waals surface area contributed by atoms with Crippen molar-refractivity contribution in [3.8, 4) is 0 Å². The van der Waals surface area contributed by atoms with Crippen LogP contribution in [-0.4, -0.2) is 23.5 Å². The summed E-state index contributed by atoms with van der Waals surface area (Å²) in [6.07, 6.45) is 2.13. The normalized spacial score (nSPS) is 20.0. The highest BCUT2D eigenvalue weighted by molar-refractivity contribution is 9.10. The van der Waals surface area contributed by atoms with Crippen molar-refractivity contribution in [2.75, 3.05) is 11.5 Å². The van der Waals surface area contributed by atoms with Gasteiger partial charge in [-0.05, 0) is 46.7 Å². The topological polar surface area (TPSA) is 29.1 Å². The van der Waals surface area contributed by atoms with Crippen LogP contribution >= 0.6 is 27.7 Å². The van der Waals surface area contributed by atoms with E-state index >= 15 is 0 Å². The molecule has 0 radical (unpaired) electrons. The monoisotopic (exact) mass is 317 g/mol. The van der Waals surface area contributed by atoms with Crippen LogP contribution in [0.4, 0.5) is 4.39 Å². The second kappa shape index (κ2) is 5.87. The van der Waals surface area contributed by atoms with Crippen molar-refractivity contribution in [2.24, 2.45) is 0 Å². The molecule has 1 N–H and O–H groups in total. The van der Waals surface area contributed by atoms with Crippen LogP contribution in [-0.2, 0) is 0 Å². The van der Waals surface area contributed by atoms with Crippen molar-refractivity contribution in [1.29, 1.82) is 0 Å². The maximum atomic E-state index is 13.3. The van der Waals surface area contributed by atoms with Crippen LogP contribution in [0, 0.1) is 5.82 Å². The first-order valence-electron chi connectivity index (χ1n) is 5.51. The van der Waals surface area contributed by atoms with E-state index in [1.165, 1.54) is 6.07 Å². The van der Waals surface area contributed by atoms with Gasteiger partial charge in [0.15, 0.2) is 0 Å². The van der Waals surface area contributed by atoms with Crippen LogP contribution in [0.2, 0.25) is 0 Å². The molecule has 1 heterocycles. The van der Waals surface area contributed by atoms with Crippen LogP contribution in [0.15, 0.2) is 22.7 Å². The molecule has 1 amide bonds. The van der Waals surface area contributed by atoms with Crippen LogP contribution in [0.1, 0.15) is 23.2 Å². The first kappa shape index (κ1) is 12.9. The zero-order valence-electron chi connectivity index (χ0n) is 9.21. The van der Waals surface area contributed by atoms with Gasteiger partial charge in [0.2, 0.25) is 0 Å². The Morgan fingerprint density at radius 2 is 2.35 bits per heavy atom. The Kier molecular flexibility index (Phi) is 4.45. The lowest BCUT2D eigenvalue weighted by Gasteiger charge is -2.22. The van der Waals surface area contributed by atoms with E-state index in [1.807, 2.05) is 11.8 Å². The fraction of sp³-hybridized carbons (Fsp3) is 0.417. The third kappa shape index (κ3) is 3.22. The van der Waals surface area contributed by atoms with Crippen LogP contribution < -0.4 is 5.32 Å². The Hall–Kier alpha value is -0.550. The molecule has 2 rings (SSSR count). The van der Waals surface area contributed by atoms with Gasteiger partial charge in [-0.2, -0.15) is 11.8 Å². The van der Waals surface area contributed by atoms with Gasteiger partial charge in [0.05, 0.1) is 10.0 Å². The minimum atomic E-state index is -0.407. The summed E-state index contributed by atoms with van der Waals surface area (Å²) in [4.78, 5) is 12.0. The third-order valence-electron chi connectivity index (χ3n) is 2.69. The molecule has 5 heteroatoms. The largest absolute Gasteiger partial charge is 0.348 e. The van der Waals surface area contributed by atoms with E-state index in [0.717, 1.165) is 24.3 Å². The summed E-state index contributed by atoms with van der Waals surface area (Å²) in [6, 6.07) is 4.71. The van der Waals surface area contributed by atoms with Crippen LogP contribution in [0.25, 0.3) is 0 Å². The van der Waals surface area contributed by atoms with Gasteiger partial charge in [0.25, 0.3) is 5.91 Å². The van der Waals surface area contributed by atoms with E-state index in [4.69, 9.17) is 0 Å². The molecule has 1 aromatic carbocycles. The molecule has 17 heavy (non-hydrogen) atoms. The van der Waals surface area contributed by atoms with Crippen molar-refractivity contribution >= 4 is 33.6 Å². The Morgan fingerprint density at radius 1 is 1.53 bits per heavy atom. The maximum Gasteiger partial charge on any atom is 0.252 e. The van der Waals surface area contributed by atoms with E-state index in [2.05, 4.69) is 21.2 Å². The number of benzene rings is 1. The van der Waals surface area contributed by atoms with Gasteiger partial charge in [-0.15, -0.1) is 0 Å². The maximum absolute atomic E-state index is 13.3. The average Bonchev–Trinajstić information content (AvgIpc) is 2.34. The number of halogens is 2. The van der Waals surface area contributed by atoms with E-state index in [9.17, 15) is 9.18 Å². The molecule has 92 valence electrons. The Balaban J connectivity index is 2.06. The van der Waals surface area contributed by atoms with E-state index in [-0.39, 0.29) is 16.4 Å². The molecule has 0 saturated carbocycles. The minimum absolute atomic E-state index is 0.205. The molecule has 2 nitrogen and oxygen atoms in total. The van der Waals surface area contributed by atoms with Gasteiger partial charge in [-0.1, -0.05) is 6.07 Å². The summed E-state index contributed by atoms with van der Waals surface area (Å²) in [7, 11) is 0. The molecular weight excluding hydrogens is 305 g/mol. The molecule has 0 bridgehead atoms. The third-order valence-corrected chi connectivity index (χ3v) is 4.71. The first-order chi connectivity index (χ1) is 8.18. The number of carbonyl (C=O) groups excluding carboxylic acids is 1. The van der Waals surface area contributed by atoms with Crippen molar-refractivity contribution in [3.63, 3.8) is 0 Å². The molecule has 0 spiro atoms. The fourth-order valence-corrected chi connectivity index (χ4v) is 3.31. The number of thioether (sulfide) groups is 1. The summed E-state index contributed by atoms with van der Waals surface area (Å²) in [5, 5.41) is 2.95. The molecule has 1 aromatic rings. The summed E-state index contributed by atoms with van der Waals surface area (Å²) < 4.78 is 13.5. The predicted molar refractivity (Wildman–Crippen MR) is 71.9 cm³/mol. The zero-order valence-corrected chi connectivity index (χ0v) is 11.6.